The third kappa shape index (κ3) is 5.26. The lowest BCUT2D eigenvalue weighted by molar-refractivity contribution is 0.0939. The van der Waals surface area contributed by atoms with Crippen molar-refractivity contribution in [2.24, 2.45) is 17.6 Å². The fourth-order valence-corrected chi connectivity index (χ4v) is 5.30. The van der Waals surface area contributed by atoms with Gasteiger partial charge in [-0.25, -0.2) is 0 Å². The number of fused-ring (bicyclic) bond motifs is 1. The van der Waals surface area contributed by atoms with E-state index >= 15 is 0 Å². The lowest BCUT2D eigenvalue weighted by Crippen LogP contribution is -2.33. The first-order chi connectivity index (χ1) is 15.0. The molecule has 31 heavy (non-hydrogen) atoms. The van der Waals surface area contributed by atoms with Crippen molar-refractivity contribution in [3.8, 4) is 0 Å². The minimum absolute atomic E-state index is 0.163. The van der Waals surface area contributed by atoms with Crippen molar-refractivity contribution in [2.45, 2.75) is 25.7 Å². The monoisotopic (exact) mass is 455 g/mol. The predicted octanol–water partition coefficient (Wildman–Crippen LogP) is 5.30. The van der Waals surface area contributed by atoms with Crippen LogP contribution in [-0.4, -0.2) is 24.9 Å². The Kier molecular flexibility index (Phi) is 6.90. The predicted molar refractivity (Wildman–Crippen MR) is 128 cm³/mol. The zero-order chi connectivity index (χ0) is 21.8. The molecule has 1 heterocycles. The van der Waals surface area contributed by atoms with E-state index in [1.807, 2.05) is 30.3 Å². The number of anilines is 1. The van der Waals surface area contributed by atoms with E-state index in [2.05, 4.69) is 10.6 Å². The smallest absolute Gasteiger partial charge is 0.265 e. The van der Waals surface area contributed by atoms with Gasteiger partial charge < -0.3 is 16.4 Å². The Balaban J connectivity index is 1.41. The number of benzene rings is 2. The number of carbonyl (C=O) groups excluding carboxylic acids is 2. The molecule has 1 saturated carbocycles. The van der Waals surface area contributed by atoms with Crippen LogP contribution in [0.4, 0.5) is 5.69 Å². The molecule has 1 aromatic heterocycles. The van der Waals surface area contributed by atoms with Gasteiger partial charge in [0, 0.05) is 16.8 Å². The van der Waals surface area contributed by atoms with E-state index in [1.54, 1.807) is 18.2 Å². The normalized spacial score (nSPS) is 18.6. The van der Waals surface area contributed by atoms with E-state index in [-0.39, 0.29) is 11.8 Å². The Bertz CT molecular complexity index is 1060. The van der Waals surface area contributed by atoms with Crippen molar-refractivity contribution in [3.05, 3.63) is 64.0 Å². The number of halogens is 1. The summed E-state index contributed by atoms with van der Waals surface area (Å²) in [6, 6.07) is 14.7. The number of carbonyl (C=O) groups is 2. The fourth-order valence-electron chi connectivity index (χ4n) is 4.18. The highest BCUT2D eigenvalue weighted by atomic mass is 35.5. The number of thiophene rings is 1. The highest BCUT2D eigenvalue weighted by molar-refractivity contribution is 7.20. The first-order valence-corrected chi connectivity index (χ1v) is 11.8. The molecule has 5 nitrogen and oxygen atoms in total. The fraction of sp³-hybridized carbons (Fsp3) is 0.333. The van der Waals surface area contributed by atoms with Gasteiger partial charge in [-0.05, 0) is 73.4 Å². The molecule has 0 radical (unpaired) electrons. The van der Waals surface area contributed by atoms with Crippen LogP contribution in [0.15, 0.2) is 48.5 Å². The molecule has 2 unspecified atom stereocenters. The van der Waals surface area contributed by atoms with Gasteiger partial charge in [0.05, 0.1) is 15.6 Å². The van der Waals surface area contributed by atoms with E-state index in [0.717, 1.165) is 29.3 Å². The van der Waals surface area contributed by atoms with Crippen LogP contribution < -0.4 is 16.4 Å². The third-order valence-corrected chi connectivity index (χ3v) is 7.35. The molecular weight excluding hydrogens is 430 g/mol. The summed E-state index contributed by atoms with van der Waals surface area (Å²) in [7, 11) is 0. The van der Waals surface area contributed by atoms with Gasteiger partial charge in [-0.15, -0.1) is 11.3 Å². The first kappa shape index (κ1) is 21.8. The van der Waals surface area contributed by atoms with Crippen molar-refractivity contribution >= 4 is 50.5 Å². The Hall–Kier alpha value is -2.41. The highest BCUT2D eigenvalue weighted by Gasteiger charge is 2.22. The van der Waals surface area contributed by atoms with Crippen LogP contribution in [0.1, 0.15) is 45.7 Å². The highest BCUT2D eigenvalue weighted by Crippen LogP contribution is 2.29. The van der Waals surface area contributed by atoms with E-state index in [1.165, 1.54) is 17.8 Å². The van der Waals surface area contributed by atoms with Gasteiger partial charge >= 0.3 is 0 Å². The molecule has 0 saturated heterocycles. The zero-order valence-electron chi connectivity index (χ0n) is 17.2. The SMILES string of the molecule is NCC1CCCC(CNC(=O)c2ccc(Cl)c(NC(=O)c3cc4ccccc4s3)c2)C1. The standard InChI is InChI=1S/C24H26ClN3O2S/c25-19-9-8-18(23(29)27-14-16-5-3-4-15(10-16)13-26)11-20(19)28-24(30)22-12-17-6-1-2-7-21(17)31-22/h1-2,6-9,11-12,15-16H,3-5,10,13-14,26H2,(H,27,29)(H,28,30). The molecule has 2 amide bonds. The van der Waals surface area contributed by atoms with Gasteiger partial charge in [-0.1, -0.05) is 36.2 Å². The summed E-state index contributed by atoms with van der Waals surface area (Å²) in [4.78, 5) is 26.0. The average Bonchev–Trinajstić information content (AvgIpc) is 3.23. The molecule has 0 aliphatic heterocycles. The summed E-state index contributed by atoms with van der Waals surface area (Å²) < 4.78 is 1.05. The van der Waals surface area contributed by atoms with Gasteiger partial charge in [-0.3, -0.25) is 9.59 Å². The van der Waals surface area contributed by atoms with Crippen LogP contribution >= 0.6 is 22.9 Å². The molecule has 2 atom stereocenters. The molecule has 1 aliphatic carbocycles. The van der Waals surface area contributed by atoms with Gasteiger partial charge in [0.25, 0.3) is 11.8 Å². The Morgan fingerprint density at radius 2 is 1.87 bits per heavy atom. The van der Waals surface area contributed by atoms with Crippen molar-refractivity contribution in [2.75, 3.05) is 18.4 Å². The van der Waals surface area contributed by atoms with E-state index in [0.29, 0.717) is 46.1 Å². The molecule has 1 aliphatic rings. The number of amides is 2. The molecule has 162 valence electrons. The lowest BCUT2D eigenvalue weighted by atomic mass is 9.81. The van der Waals surface area contributed by atoms with E-state index in [4.69, 9.17) is 17.3 Å². The average molecular weight is 456 g/mol. The molecule has 7 heteroatoms. The summed E-state index contributed by atoms with van der Waals surface area (Å²) in [6.45, 7) is 1.35. The van der Waals surface area contributed by atoms with Crippen molar-refractivity contribution < 1.29 is 9.59 Å². The van der Waals surface area contributed by atoms with Crippen molar-refractivity contribution in [3.63, 3.8) is 0 Å². The Labute approximate surface area is 191 Å². The van der Waals surface area contributed by atoms with Crippen LogP contribution in [-0.2, 0) is 0 Å². The second-order valence-electron chi connectivity index (χ2n) is 8.14. The number of hydrogen-bond acceptors (Lipinski definition) is 4. The molecule has 3 aromatic rings. The molecule has 0 spiro atoms. The molecule has 4 rings (SSSR count). The van der Waals surface area contributed by atoms with E-state index < -0.39 is 0 Å². The zero-order valence-corrected chi connectivity index (χ0v) is 18.8. The summed E-state index contributed by atoms with van der Waals surface area (Å²) in [5, 5.41) is 7.29. The van der Waals surface area contributed by atoms with Crippen LogP contribution in [0.25, 0.3) is 10.1 Å². The third-order valence-electron chi connectivity index (χ3n) is 5.90. The van der Waals surface area contributed by atoms with Crippen LogP contribution in [0.5, 0.6) is 0 Å². The summed E-state index contributed by atoms with van der Waals surface area (Å²) in [5.41, 5.74) is 6.72. The largest absolute Gasteiger partial charge is 0.352 e. The molecule has 2 aromatic carbocycles. The topological polar surface area (TPSA) is 84.2 Å². The summed E-state index contributed by atoms with van der Waals surface area (Å²) in [5.74, 6) is 0.618. The maximum atomic E-state index is 12.7. The minimum Gasteiger partial charge on any atom is -0.352 e. The molecule has 4 N–H and O–H groups in total. The molecule has 0 bridgehead atoms. The number of nitrogens with one attached hydrogen (secondary N) is 2. The maximum absolute atomic E-state index is 12.7. The number of rotatable bonds is 6. The summed E-state index contributed by atoms with van der Waals surface area (Å²) in [6.07, 6.45) is 4.53. The van der Waals surface area contributed by atoms with E-state index in [9.17, 15) is 9.59 Å². The van der Waals surface area contributed by atoms with Crippen LogP contribution in [0.3, 0.4) is 0 Å². The minimum atomic E-state index is -0.240. The number of hydrogen-bond donors (Lipinski definition) is 3. The van der Waals surface area contributed by atoms with Gasteiger partial charge in [-0.2, -0.15) is 0 Å². The summed E-state index contributed by atoms with van der Waals surface area (Å²) >= 11 is 7.71. The number of nitrogens with two attached hydrogens (primary N) is 1. The van der Waals surface area contributed by atoms with Crippen LogP contribution in [0.2, 0.25) is 5.02 Å². The second kappa shape index (κ2) is 9.81. The quantitative estimate of drug-likeness (QED) is 0.471. The second-order valence-corrected chi connectivity index (χ2v) is 9.63. The van der Waals surface area contributed by atoms with Crippen molar-refractivity contribution in [1.82, 2.24) is 5.32 Å². The lowest BCUT2D eigenvalue weighted by Gasteiger charge is -2.28. The van der Waals surface area contributed by atoms with Crippen LogP contribution in [0, 0.1) is 11.8 Å². The Morgan fingerprint density at radius 3 is 2.68 bits per heavy atom. The van der Waals surface area contributed by atoms with Gasteiger partial charge in [0.15, 0.2) is 0 Å². The maximum Gasteiger partial charge on any atom is 0.265 e. The molecular formula is C24H26ClN3O2S. The Morgan fingerprint density at radius 1 is 1.06 bits per heavy atom. The van der Waals surface area contributed by atoms with Crippen molar-refractivity contribution in [1.29, 1.82) is 0 Å². The first-order valence-electron chi connectivity index (χ1n) is 10.6. The molecule has 1 fully saturated rings. The van der Waals surface area contributed by atoms with Gasteiger partial charge in [0.2, 0.25) is 0 Å². The van der Waals surface area contributed by atoms with Gasteiger partial charge in [0.1, 0.15) is 0 Å².